The minimum absolute atomic E-state index is 0.482. The maximum atomic E-state index is 3.66. The van der Waals surface area contributed by atoms with Crippen molar-refractivity contribution in [3.63, 3.8) is 0 Å². The van der Waals surface area contributed by atoms with Gasteiger partial charge in [0.25, 0.3) is 0 Å². The van der Waals surface area contributed by atoms with Crippen LogP contribution in [-0.4, -0.2) is 15.7 Å². The first kappa shape index (κ1) is 16.4. The molecular weight excluding hydrogens is 306 g/mol. The van der Waals surface area contributed by atoms with Crippen molar-refractivity contribution in [3.8, 4) is 0 Å². The summed E-state index contributed by atoms with van der Waals surface area (Å²) in [5.41, 5.74) is 0. The van der Waals surface area contributed by atoms with Crippen LogP contribution >= 0.6 is 27.7 Å². The standard InChI is InChI=1S/C15H28BrNS/c1-2-3-4-5-6-7-8-9-10-11-12-17-13-14-18-15(17)16/h13-15H,2-12H2,1H3. The van der Waals surface area contributed by atoms with E-state index in [1.54, 1.807) is 0 Å². The number of hydrogen-bond donors (Lipinski definition) is 0. The molecule has 1 unspecified atom stereocenters. The van der Waals surface area contributed by atoms with Gasteiger partial charge in [0, 0.05) is 12.7 Å². The molecule has 0 radical (unpaired) electrons. The quantitative estimate of drug-likeness (QED) is 0.255. The number of nitrogens with zero attached hydrogens (tertiary/aromatic N) is 1. The molecule has 0 aromatic rings. The maximum Gasteiger partial charge on any atom is 0.135 e. The molecule has 1 atom stereocenters. The average molecular weight is 334 g/mol. The largest absolute Gasteiger partial charge is 0.356 e. The van der Waals surface area contributed by atoms with Crippen LogP contribution in [0.4, 0.5) is 0 Å². The predicted octanol–water partition coefficient (Wildman–Crippen LogP) is 6.11. The van der Waals surface area contributed by atoms with E-state index in [-0.39, 0.29) is 0 Å². The molecule has 0 fully saturated rings. The van der Waals surface area contributed by atoms with Gasteiger partial charge in [-0.25, -0.2) is 0 Å². The Morgan fingerprint density at radius 1 is 0.944 bits per heavy atom. The highest BCUT2D eigenvalue weighted by Gasteiger charge is 2.14. The summed E-state index contributed by atoms with van der Waals surface area (Å²) in [6.07, 6.45) is 16.4. The van der Waals surface area contributed by atoms with Gasteiger partial charge in [-0.15, -0.1) is 0 Å². The second-order valence-corrected chi connectivity index (χ2v) is 7.60. The summed E-state index contributed by atoms with van der Waals surface area (Å²) in [5, 5.41) is 2.18. The smallest absolute Gasteiger partial charge is 0.135 e. The number of halogens is 1. The zero-order valence-electron chi connectivity index (χ0n) is 11.7. The molecule has 0 aromatic heterocycles. The van der Waals surface area contributed by atoms with Crippen LogP contribution < -0.4 is 0 Å². The van der Waals surface area contributed by atoms with E-state index >= 15 is 0 Å². The normalized spacial score (nSPS) is 18.8. The summed E-state index contributed by atoms with van der Waals surface area (Å²) in [6, 6.07) is 0. The van der Waals surface area contributed by atoms with E-state index in [0.29, 0.717) is 4.28 Å². The Kier molecular flexibility index (Phi) is 10.2. The summed E-state index contributed by atoms with van der Waals surface area (Å²) in [4.78, 5) is 2.38. The topological polar surface area (TPSA) is 3.24 Å². The van der Waals surface area contributed by atoms with Crippen LogP contribution in [0.1, 0.15) is 71.1 Å². The number of hydrogen-bond acceptors (Lipinski definition) is 2. The molecule has 0 spiro atoms. The van der Waals surface area contributed by atoms with Crippen LogP contribution in [0.3, 0.4) is 0 Å². The van der Waals surface area contributed by atoms with Gasteiger partial charge < -0.3 is 4.90 Å². The summed E-state index contributed by atoms with van der Waals surface area (Å²) in [5.74, 6) is 0. The van der Waals surface area contributed by atoms with Gasteiger partial charge >= 0.3 is 0 Å². The van der Waals surface area contributed by atoms with Crippen molar-refractivity contribution in [1.29, 1.82) is 0 Å². The Balaban J connectivity index is 1.77. The van der Waals surface area contributed by atoms with Gasteiger partial charge in [-0.2, -0.15) is 0 Å². The first-order valence-electron chi connectivity index (χ1n) is 7.56. The second kappa shape index (κ2) is 11.2. The SMILES string of the molecule is CCCCCCCCCCCCN1C=CSC1Br. The maximum absolute atomic E-state index is 3.66. The van der Waals surface area contributed by atoms with Crippen LogP contribution in [0.2, 0.25) is 0 Å². The van der Waals surface area contributed by atoms with E-state index in [9.17, 15) is 0 Å². The number of rotatable bonds is 11. The average Bonchev–Trinajstić information content (AvgIpc) is 2.77. The highest BCUT2D eigenvalue weighted by Crippen LogP contribution is 2.29. The van der Waals surface area contributed by atoms with Crippen molar-refractivity contribution in [1.82, 2.24) is 4.90 Å². The lowest BCUT2D eigenvalue weighted by molar-refractivity contribution is 0.406. The molecule has 1 heterocycles. The Hall–Kier alpha value is 0.370. The molecule has 0 aliphatic carbocycles. The van der Waals surface area contributed by atoms with E-state index in [2.05, 4.69) is 39.4 Å². The van der Waals surface area contributed by atoms with Crippen molar-refractivity contribution >= 4 is 27.7 Å². The van der Waals surface area contributed by atoms with Crippen molar-refractivity contribution < 1.29 is 0 Å². The third-order valence-electron chi connectivity index (χ3n) is 3.47. The first-order chi connectivity index (χ1) is 8.84. The van der Waals surface area contributed by atoms with Gasteiger partial charge in [-0.05, 0) is 11.8 Å². The lowest BCUT2D eigenvalue weighted by Gasteiger charge is -2.19. The minimum atomic E-state index is 0.482. The van der Waals surface area contributed by atoms with Gasteiger partial charge in [-0.3, -0.25) is 0 Å². The summed E-state index contributed by atoms with van der Waals surface area (Å²) < 4.78 is 0.482. The lowest BCUT2D eigenvalue weighted by atomic mass is 10.1. The van der Waals surface area contributed by atoms with Gasteiger partial charge in [-0.1, -0.05) is 92.4 Å². The fraction of sp³-hybridized carbons (Fsp3) is 0.867. The van der Waals surface area contributed by atoms with Crippen LogP contribution in [-0.2, 0) is 0 Å². The molecule has 1 rings (SSSR count). The van der Waals surface area contributed by atoms with E-state index in [4.69, 9.17) is 0 Å². The van der Waals surface area contributed by atoms with Crippen molar-refractivity contribution in [2.45, 2.75) is 75.4 Å². The van der Waals surface area contributed by atoms with Crippen molar-refractivity contribution in [2.24, 2.45) is 0 Å². The highest BCUT2D eigenvalue weighted by atomic mass is 79.9. The van der Waals surface area contributed by atoms with E-state index in [0.717, 1.165) is 0 Å². The summed E-state index contributed by atoms with van der Waals surface area (Å²) >= 11 is 5.50. The molecule has 0 amide bonds. The Morgan fingerprint density at radius 2 is 1.50 bits per heavy atom. The monoisotopic (exact) mass is 333 g/mol. The summed E-state index contributed by atoms with van der Waals surface area (Å²) in [7, 11) is 0. The predicted molar refractivity (Wildman–Crippen MR) is 88.0 cm³/mol. The fourth-order valence-corrected chi connectivity index (χ4v) is 3.69. The molecule has 1 aliphatic heterocycles. The third-order valence-corrected chi connectivity index (χ3v) is 5.42. The Bertz CT molecular complexity index is 221. The first-order valence-corrected chi connectivity index (χ1v) is 9.42. The van der Waals surface area contributed by atoms with Crippen LogP contribution in [0.5, 0.6) is 0 Å². The van der Waals surface area contributed by atoms with E-state index in [1.165, 1.54) is 70.8 Å². The molecule has 3 heteroatoms. The number of unbranched alkanes of at least 4 members (excludes halogenated alkanes) is 9. The Labute approximate surface area is 126 Å². The molecule has 0 bridgehead atoms. The minimum Gasteiger partial charge on any atom is -0.356 e. The van der Waals surface area contributed by atoms with Gasteiger partial charge in [0.15, 0.2) is 0 Å². The van der Waals surface area contributed by atoms with Crippen LogP contribution in [0.15, 0.2) is 11.6 Å². The zero-order chi connectivity index (χ0) is 13.1. The van der Waals surface area contributed by atoms with Gasteiger partial charge in [0.2, 0.25) is 0 Å². The molecule has 0 aromatic carbocycles. The highest BCUT2D eigenvalue weighted by molar-refractivity contribution is 9.11. The van der Waals surface area contributed by atoms with E-state index < -0.39 is 0 Å². The third kappa shape index (κ3) is 7.73. The van der Waals surface area contributed by atoms with Crippen molar-refractivity contribution in [2.75, 3.05) is 6.54 Å². The molecule has 1 nitrogen and oxygen atoms in total. The number of thioether (sulfide) groups is 1. The number of alkyl halides is 1. The van der Waals surface area contributed by atoms with E-state index in [1.807, 2.05) is 11.8 Å². The van der Waals surface area contributed by atoms with Crippen LogP contribution in [0, 0.1) is 0 Å². The van der Waals surface area contributed by atoms with Gasteiger partial charge in [0.1, 0.15) is 4.28 Å². The second-order valence-electron chi connectivity index (χ2n) is 5.13. The van der Waals surface area contributed by atoms with Crippen molar-refractivity contribution in [3.05, 3.63) is 11.6 Å². The van der Waals surface area contributed by atoms with Crippen LogP contribution in [0.25, 0.3) is 0 Å². The fourth-order valence-electron chi connectivity index (χ4n) is 2.28. The molecule has 106 valence electrons. The molecule has 0 saturated carbocycles. The molecular formula is C15H28BrNS. The zero-order valence-corrected chi connectivity index (χ0v) is 14.1. The molecule has 18 heavy (non-hydrogen) atoms. The molecule has 1 aliphatic rings. The Morgan fingerprint density at radius 3 is 2.00 bits per heavy atom. The van der Waals surface area contributed by atoms with Gasteiger partial charge in [0.05, 0.1) is 0 Å². The molecule has 0 saturated heterocycles. The summed E-state index contributed by atoms with van der Waals surface area (Å²) in [6.45, 7) is 3.49. The molecule has 0 N–H and O–H groups in total. The lowest BCUT2D eigenvalue weighted by Crippen LogP contribution is -2.20.